The SMILES string of the molecule is CCC1CCCN1C(C)(CCOC)C(=O)O. The summed E-state index contributed by atoms with van der Waals surface area (Å²) < 4.78 is 5.03. The minimum atomic E-state index is -0.771. The number of nitrogens with zero attached hydrogens (tertiary/aromatic N) is 1. The van der Waals surface area contributed by atoms with Crippen molar-refractivity contribution in [2.45, 2.75) is 51.1 Å². The molecule has 4 heteroatoms. The van der Waals surface area contributed by atoms with E-state index in [0.29, 0.717) is 19.1 Å². The van der Waals surface area contributed by atoms with Crippen LogP contribution in [0.3, 0.4) is 0 Å². The van der Waals surface area contributed by atoms with E-state index in [0.717, 1.165) is 25.8 Å². The highest BCUT2D eigenvalue weighted by Crippen LogP contribution is 2.31. The maximum Gasteiger partial charge on any atom is 0.323 e. The van der Waals surface area contributed by atoms with Crippen LogP contribution in [0.25, 0.3) is 0 Å². The van der Waals surface area contributed by atoms with Crippen molar-refractivity contribution in [2.75, 3.05) is 20.3 Å². The van der Waals surface area contributed by atoms with Gasteiger partial charge in [-0.2, -0.15) is 0 Å². The summed E-state index contributed by atoms with van der Waals surface area (Å²) in [6, 6.07) is 0.415. The number of methoxy groups -OCH3 is 1. The lowest BCUT2D eigenvalue weighted by Crippen LogP contribution is -2.54. The Morgan fingerprint density at radius 1 is 1.62 bits per heavy atom. The van der Waals surface area contributed by atoms with Gasteiger partial charge in [-0.3, -0.25) is 9.69 Å². The largest absolute Gasteiger partial charge is 0.480 e. The van der Waals surface area contributed by atoms with Crippen LogP contribution in [-0.4, -0.2) is 47.8 Å². The third-order valence-corrected chi connectivity index (χ3v) is 3.74. The summed E-state index contributed by atoms with van der Waals surface area (Å²) in [6.07, 6.45) is 3.80. The molecule has 1 saturated heterocycles. The number of aliphatic carboxylic acids is 1. The average Bonchev–Trinajstić information content (AvgIpc) is 2.73. The molecule has 1 fully saturated rings. The maximum absolute atomic E-state index is 11.5. The van der Waals surface area contributed by atoms with Gasteiger partial charge >= 0.3 is 5.97 Å². The van der Waals surface area contributed by atoms with Crippen molar-refractivity contribution in [1.82, 2.24) is 4.90 Å². The van der Waals surface area contributed by atoms with Crippen LogP contribution < -0.4 is 0 Å². The number of hydrogen-bond donors (Lipinski definition) is 1. The van der Waals surface area contributed by atoms with Gasteiger partial charge < -0.3 is 9.84 Å². The summed E-state index contributed by atoms with van der Waals surface area (Å²) in [6.45, 7) is 5.34. The smallest absolute Gasteiger partial charge is 0.323 e. The quantitative estimate of drug-likeness (QED) is 0.753. The van der Waals surface area contributed by atoms with Gasteiger partial charge in [-0.05, 0) is 39.2 Å². The van der Waals surface area contributed by atoms with Gasteiger partial charge in [0.2, 0.25) is 0 Å². The van der Waals surface area contributed by atoms with Crippen LogP contribution in [0.1, 0.15) is 39.5 Å². The molecule has 2 unspecified atom stereocenters. The molecule has 1 heterocycles. The summed E-state index contributed by atoms with van der Waals surface area (Å²) in [7, 11) is 1.61. The summed E-state index contributed by atoms with van der Waals surface area (Å²) >= 11 is 0. The Kier molecular flexibility index (Phi) is 4.74. The van der Waals surface area contributed by atoms with Gasteiger partial charge in [-0.1, -0.05) is 6.92 Å². The number of rotatable bonds is 6. The highest BCUT2D eigenvalue weighted by molar-refractivity contribution is 5.78. The van der Waals surface area contributed by atoms with E-state index in [1.807, 2.05) is 6.92 Å². The standard InChI is InChI=1S/C12H23NO3/c1-4-10-6-5-8-13(10)12(2,11(14)15)7-9-16-3/h10H,4-9H2,1-3H3,(H,14,15). The lowest BCUT2D eigenvalue weighted by molar-refractivity contribution is -0.152. The molecular formula is C12H23NO3. The van der Waals surface area contributed by atoms with Crippen molar-refractivity contribution in [2.24, 2.45) is 0 Å². The zero-order valence-electron chi connectivity index (χ0n) is 10.5. The monoisotopic (exact) mass is 229 g/mol. The summed E-state index contributed by atoms with van der Waals surface area (Å²) in [5.41, 5.74) is -0.771. The Morgan fingerprint density at radius 3 is 2.81 bits per heavy atom. The van der Waals surface area contributed by atoms with Gasteiger partial charge in [-0.25, -0.2) is 0 Å². The predicted molar refractivity (Wildman–Crippen MR) is 62.6 cm³/mol. The molecule has 0 aromatic carbocycles. The number of carboxylic acid groups (broad SMARTS) is 1. The normalized spacial score (nSPS) is 25.6. The van der Waals surface area contributed by atoms with E-state index in [1.165, 1.54) is 0 Å². The molecule has 1 aliphatic rings. The molecule has 94 valence electrons. The third kappa shape index (κ3) is 2.55. The molecule has 0 aliphatic carbocycles. The number of carboxylic acids is 1. The van der Waals surface area contributed by atoms with E-state index >= 15 is 0 Å². The summed E-state index contributed by atoms with van der Waals surface area (Å²) in [5, 5.41) is 9.44. The summed E-state index contributed by atoms with van der Waals surface area (Å²) in [5.74, 6) is -0.732. The number of hydrogen-bond acceptors (Lipinski definition) is 3. The first-order valence-electron chi connectivity index (χ1n) is 6.05. The minimum Gasteiger partial charge on any atom is -0.480 e. The molecule has 1 rings (SSSR count). The van der Waals surface area contributed by atoms with Crippen LogP contribution in [0.4, 0.5) is 0 Å². The van der Waals surface area contributed by atoms with Crippen LogP contribution in [-0.2, 0) is 9.53 Å². The number of carbonyl (C=O) groups is 1. The van der Waals surface area contributed by atoms with Crippen LogP contribution in [0.15, 0.2) is 0 Å². The fraction of sp³-hybridized carbons (Fsp3) is 0.917. The number of ether oxygens (including phenoxy) is 1. The van der Waals surface area contributed by atoms with Crippen molar-refractivity contribution < 1.29 is 14.6 Å². The van der Waals surface area contributed by atoms with E-state index in [9.17, 15) is 9.90 Å². The molecule has 0 radical (unpaired) electrons. The Balaban J connectivity index is 2.79. The van der Waals surface area contributed by atoms with Crippen LogP contribution in [0, 0.1) is 0 Å². The fourth-order valence-corrected chi connectivity index (χ4v) is 2.58. The molecule has 0 spiro atoms. The summed E-state index contributed by atoms with van der Waals surface area (Å²) in [4.78, 5) is 13.6. The van der Waals surface area contributed by atoms with Crippen molar-refractivity contribution in [3.8, 4) is 0 Å². The first-order valence-corrected chi connectivity index (χ1v) is 6.05. The lowest BCUT2D eigenvalue weighted by Gasteiger charge is -2.38. The molecule has 1 aliphatic heterocycles. The Hall–Kier alpha value is -0.610. The van der Waals surface area contributed by atoms with Gasteiger partial charge in [0.15, 0.2) is 0 Å². The maximum atomic E-state index is 11.5. The van der Waals surface area contributed by atoms with Gasteiger partial charge in [0, 0.05) is 19.8 Å². The van der Waals surface area contributed by atoms with E-state index in [2.05, 4.69) is 11.8 Å². The highest BCUT2D eigenvalue weighted by Gasteiger charge is 2.43. The molecule has 0 saturated carbocycles. The average molecular weight is 229 g/mol. The van der Waals surface area contributed by atoms with E-state index < -0.39 is 11.5 Å². The zero-order chi connectivity index (χ0) is 12.2. The Morgan fingerprint density at radius 2 is 2.31 bits per heavy atom. The second-order valence-electron chi connectivity index (χ2n) is 4.72. The molecule has 16 heavy (non-hydrogen) atoms. The number of likely N-dealkylation sites (tertiary alicyclic amines) is 1. The van der Waals surface area contributed by atoms with Gasteiger partial charge in [-0.15, -0.1) is 0 Å². The molecule has 0 bridgehead atoms. The lowest BCUT2D eigenvalue weighted by atomic mass is 9.94. The van der Waals surface area contributed by atoms with Gasteiger partial charge in [0.05, 0.1) is 0 Å². The van der Waals surface area contributed by atoms with Crippen LogP contribution >= 0.6 is 0 Å². The molecule has 4 nitrogen and oxygen atoms in total. The topological polar surface area (TPSA) is 49.8 Å². The molecular weight excluding hydrogens is 206 g/mol. The van der Waals surface area contributed by atoms with Crippen LogP contribution in [0.5, 0.6) is 0 Å². The molecule has 2 atom stereocenters. The zero-order valence-corrected chi connectivity index (χ0v) is 10.5. The van der Waals surface area contributed by atoms with Crippen LogP contribution in [0.2, 0.25) is 0 Å². The van der Waals surface area contributed by atoms with Crippen molar-refractivity contribution in [3.63, 3.8) is 0 Å². The first kappa shape index (κ1) is 13.5. The Labute approximate surface area is 97.6 Å². The Bertz CT molecular complexity index is 244. The highest BCUT2D eigenvalue weighted by atomic mass is 16.5. The second-order valence-corrected chi connectivity index (χ2v) is 4.72. The van der Waals surface area contributed by atoms with Crippen molar-refractivity contribution >= 4 is 5.97 Å². The molecule has 0 aromatic rings. The molecule has 1 N–H and O–H groups in total. The van der Waals surface area contributed by atoms with Crippen molar-refractivity contribution in [3.05, 3.63) is 0 Å². The first-order chi connectivity index (χ1) is 7.56. The van der Waals surface area contributed by atoms with E-state index in [4.69, 9.17) is 4.74 Å². The third-order valence-electron chi connectivity index (χ3n) is 3.74. The fourth-order valence-electron chi connectivity index (χ4n) is 2.58. The molecule has 0 aromatic heterocycles. The van der Waals surface area contributed by atoms with Gasteiger partial charge in [0.25, 0.3) is 0 Å². The minimum absolute atomic E-state index is 0.415. The predicted octanol–water partition coefficient (Wildman–Crippen LogP) is 1.74. The second kappa shape index (κ2) is 5.64. The van der Waals surface area contributed by atoms with Crippen molar-refractivity contribution in [1.29, 1.82) is 0 Å². The van der Waals surface area contributed by atoms with Gasteiger partial charge in [0.1, 0.15) is 5.54 Å². The van der Waals surface area contributed by atoms with E-state index in [1.54, 1.807) is 7.11 Å². The molecule has 0 amide bonds. The van der Waals surface area contributed by atoms with E-state index in [-0.39, 0.29) is 0 Å².